The highest BCUT2D eigenvalue weighted by Crippen LogP contribution is 2.12. The van der Waals surface area contributed by atoms with Gasteiger partial charge in [0.05, 0.1) is 6.61 Å². The molecule has 1 aromatic carbocycles. The van der Waals surface area contributed by atoms with E-state index in [1.165, 1.54) is 0 Å². The van der Waals surface area contributed by atoms with Gasteiger partial charge in [-0.25, -0.2) is 0 Å². The second-order valence-electron chi connectivity index (χ2n) is 4.09. The molecular formula is C13H19NO2. The monoisotopic (exact) mass is 221 g/mol. The van der Waals surface area contributed by atoms with Crippen LogP contribution in [0.25, 0.3) is 0 Å². The van der Waals surface area contributed by atoms with E-state index < -0.39 is 0 Å². The van der Waals surface area contributed by atoms with Gasteiger partial charge in [0.25, 0.3) is 0 Å². The maximum atomic E-state index is 11.0. The SMILES string of the molecule is CC(=O)c1ccc(OCCCN(C)C)cc1. The van der Waals surface area contributed by atoms with E-state index in [9.17, 15) is 4.79 Å². The van der Waals surface area contributed by atoms with Crippen molar-refractivity contribution < 1.29 is 9.53 Å². The standard InChI is InChI=1S/C13H19NO2/c1-11(15)12-5-7-13(8-6-12)16-10-4-9-14(2)3/h5-8H,4,9-10H2,1-3H3. The lowest BCUT2D eigenvalue weighted by Crippen LogP contribution is -2.15. The van der Waals surface area contributed by atoms with E-state index in [1.807, 2.05) is 26.2 Å². The first-order valence-corrected chi connectivity index (χ1v) is 5.48. The van der Waals surface area contributed by atoms with Crippen LogP contribution in [0.4, 0.5) is 0 Å². The molecule has 3 nitrogen and oxygen atoms in total. The van der Waals surface area contributed by atoms with Crippen molar-refractivity contribution in [3.63, 3.8) is 0 Å². The molecule has 0 radical (unpaired) electrons. The molecule has 0 aliphatic heterocycles. The summed E-state index contributed by atoms with van der Waals surface area (Å²) in [7, 11) is 4.09. The number of benzene rings is 1. The molecule has 16 heavy (non-hydrogen) atoms. The molecule has 88 valence electrons. The molecule has 0 aliphatic rings. The van der Waals surface area contributed by atoms with Crippen LogP contribution in [0.5, 0.6) is 5.75 Å². The Kier molecular flexibility index (Phi) is 4.99. The minimum atomic E-state index is 0.0826. The Morgan fingerprint density at radius 2 is 1.88 bits per heavy atom. The predicted molar refractivity (Wildman–Crippen MR) is 65.1 cm³/mol. The zero-order valence-electron chi connectivity index (χ0n) is 10.2. The number of ether oxygens (including phenoxy) is 1. The summed E-state index contributed by atoms with van der Waals surface area (Å²) >= 11 is 0. The lowest BCUT2D eigenvalue weighted by Gasteiger charge is -2.10. The number of carbonyl (C=O) groups excluding carboxylic acids is 1. The normalized spacial score (nSPS) is 10.5. The number of Topliss-reactive ketones (excluding diaryl/α,β-unsaturated/α-hetero) is 1. The Labute approximate surface area is 97.0 Å². The molecule has 1 aromatic rings. The van der Waals surface area contributed by atoms with E-state index in [0.29, 0.717) is 6.61 Å². The van der Waals surface area contributed by atoms with Crippen LogP contribution >= 0.6 is 0 Å². The number of hydrogen-bond donors (Lipinski definition) is 0. The van der Waals surface area contributed by atoms with Crippen LogP contribution in [0, 0.1) is 0 Å². The summed E-state index contributed by atoms with van der Waals surface area (Å²) in [4.78, 5) is 13.2. The summed E-state index contributed by atoms with van der Waals surface area (Å²) in [6.07, 6.45) is 1.00. The Balaban J connectivity index is 2.35. The van der Waals surface area contributed by atoms with E-state index >= 15 is 0 Å². The number of rotatable bonds is 6. The lowest BCUT2D eigenvalue weighted by molar-refractivity contribution is 0.101. The Morgan fingerprint density at radius 3 is 2.38 bits per heavy atom. The summed E-state index contributed by atoms with van der Waals surface area (Å²) in [5.74, 6) is 0.905. The third-order valence-corrected chi connectivity index (χ3v) is 2.28. The van der Waals surface area contributed by atoms with Crippen LogP contribution in [-0.2, 0) is 0 Å². The molecule has 0 amide bonds. The molecule has 0 fully saturated rings. The molecule has 0 saturated carbocycles. The first kappa shape index (κ1) is 12.7. The van der Waals surface area contributed by atoms with Crippen LogP contribution in [0.1, 0.15) is 23.7 Å². The topological polar surface area (TPSA) is 29.5 Å². The van der Waals surface area contributed by atoms with Gasteiger partial charge in [0.15, 0.2) is 5.78 Å². The predicted octanol–water partition coefficient (Wildman–Crippen LogP) is 2.22. The highest BCUT2D eigenvalue weighted by Gasteiger charge is 1.99. The summed E-state index contributed by atoms with van der Waals surface area (Å²) in [5, 5.41) is 0. The summed E-state index contributed by atoms with van der Waals surface area (Å²) in [6, 6.07) is 7.27. The van der Waals surface area contributed by atoms with E-state index in [2.05, 4.69) is 4.90 Å². The Hall–Kier alpha value is -1.35. The van der Waals surface area contributed by atoms with Crippen molar-refractivity contribution in [3.8, 4) is 5.75 Å². The van der Waals surface area contributed by atoms with Crippen molar-refractivity contribution in [2.45, 2.75) is 13.3 Å². The molecule has 0 bridgehead atoms. The quantitative estimate of drug-likeness (QED) is 0.545. The van der Waals surface area contributed by atoms with Crippen molar-refractivity contribution in [1.82, 2.24) is 4.90 Å². The highest BCUT2D eigenvalue weighted by molar-refractivity contribution is 5.94. The second-order valence-corrected chi connectivity index (χ2v) is 4.09. The number of hydrogen-bond acceptors (Lipinski definition) is 3. The van der Waals surface area contributed by atoms with Gasteiger partial charge in [-0.2, -0.15) is 0 Å². The van der Waals surface area contributed by atoms with Crippen molar-refractivity contribution in [1.29, 1.82) is 0 Å². The smallest absolute Gasteiger partial charge is 0.159 e. The first-order chi connectivity index (χ1) is 7.59. The molecule has 0 spiro atoms. The largest absolute Gasteiger partial charge is 0.494 e. The van der Waals surface area contributed by atoms with Crippen molar-refractivity contribution in [2.75, 3.05) is 27.2 Å². The molecular weight excluding hydrogens is 202 g/mol. The van der Waals surface area contributed by atoms with Gasteiger partial charge < -0.3 is 9.64 Å². The fourth-order valence-electron chi connectivity index (χ4n) is 1.36. The third kappa shape index (κ3) is 4.45. The first-order valence-electron chi connectivity index (χ1n) is 5.48. The van der Waals surface area contributed by atoms with E-state index in [-0.39, 0.29) is 5.78 Å². The van der Waals surface area contributed by atoms with Crippen LogP contribution in [-0.4, -0.2) is 37.9 Å². The molecule has 0 N–H and O–H groups in total. The van der Waals surface area contributed by atoms with Gasteiger partial charge in [-0.3, -0.25) is 4.79 Å². The van der Waals surface area contributed by atoms with Gasteiger partial charge in [0, 0.05) is 12.1 Å². The van der Waals surface area contributed by atoms with E-state index in [1.54, 1.807) is 19.1 Å². The maximum Gasteiger partial charge on any atom is 0.159 e. The van der Waals surface area contributed by atoms with Crippen LogP contribution in [0.15, 0.2) is 24.3 Å². The minimum Gasteiger partial charge on any atom is -0.494 e. The summed E-state index contributed by atoms with van der Waals surface area (Å²) in [5.41, 5.74) is 0.723. The number of ketones is 1. The molecule has 0 aliphatic carbocycles. The molecule has 0 aromatic heterocycles. The van der Waals surface area contributed by atoms with Crippen molar-refractivity contribution in [3.05, 3.63) is 29.8 Å². The van der Waals surface area contributed by atoms with Crippen LogP contribution in [0.3, 0.4) is 0 Å². The lowest BCUT2D eigenvalue weighted by atomic mass is 10.1. The second kappa shape index (κ2) is 6.28. The number of carbonyl (C=O) groups is 1. The molecule has 0 saturated heterocycles. The van der Waals surface area contributed by atoms with Gasteiger partial charge in [-0.05, 0) is 51.7 Å². The van der Waals surface area contributed by atoms with Gasteiger partial charge >= 0.3 is 0 Å². The molecule has 0 heterocycles. The Bertz CT molecular complexity index is 330. The Morgan fingerprint density at radius 1 is 1.25 bits per heavy atom. The average molecular weight is 221 g/mol. The summed E-state index contributed by atoms with van der Waals surface area (Å²) < 4.78 is 5.55. The third-order valence-electron chi connectivity index (χ3n) is 2.28. The van der Waals surface area contributed by atoms with Crippen LogP contribution < -0.4 is 4.74 Å². The average Bonchev–Trinajstić information content (AvgIpc) is 2.25. The zero-order valence-corrected chi connectivity index (χ0v) is 10.2. The van der Waals surface area contributed by atoms with Gasteiger partial charge in [0.1, 0.15) is 5.75 Å². The van der Waals surface area contributed by atoms with Gasteiger partial charge in [-0.1, -0.05) is 0 Å². The maximum absolute atomic E-state index is 11.0. The van der Waals surface area contributed by atoms with Gasteiger partial charge in [-0.15, -0.1) is 0 Å². The van der Waals surface area contributed by atoms with Crippen molar-refractivity contribution >= 4 is 5.78 Å². The molecule has 0 atom stereocenters. The van der Waals surface area contributed by atoms with Gasteiger partial charge in [0.2, 0.25) is 0 Å². The fraction of sp³-hybridized carbons (Fsp3) is 0.462. The van der Waals surface area contributed by atoms with Crippen molar-refractivity contribution in [2.24, 2.45) is 0 Å². The molecule has 1 rings (SSSR count). The minimum absolute atomic E-state index is 0.0826. The van der Waals surface area contributed by atoms with E-state index in [4.69, 9.17) is 4.74 Å². The molecule has 3 heteroatoms. The van der Waals surface area contributed by atoms with Crippen LogP contribution in [0.2, 0.25) is 0 Å². The molecule has 0 unspecified atom stereocenters. The van der Waals surface area contributed by atoms with E-state index in [0.717, 1.165) is 24.3 Å². The number of nitrogens with zero attached hydrogens (tertiary/aromatic N) is 1. The zero-order chi connectivity index (χ0) is 12.0. The fourth-order valence-corrected chi connectivity index (χ4v) is 1.36. The highest BCUT2D eigenvalue weighted by atomic mass is 16.5. The summed E-state index contributed by atoms with van der Waals surface area (Å²) in [6.45, 7) is 3.29.